The smallest absolute Gasteiger partial charge is 0.230 e. The van der Waals surface area contributed by atoms with Gasteiger partial charge >= 0.3 is 0 Å². The van der Waals surface area contributed by atoms with Crippen LogP contribution < -0.4 is 5.32 Å². The second kappa shape index (κ2) is 10.1. The minimum absolute atomic E-state index is 0.0233. The predicted octanol–water partition coefficient (Wildman–Crippen LogP) is 4.76. The highest BCUT2D eigenvalue weighted by Crippen LogP contribution is 2.23. The summed E-state index contributed by atoms with van der Waals surface area (Å²) in [6.45, 7) is 9.41. The van der Waals surface area contributed by atoms with Crippen LogP contribution in [-0.4, -0.2) is 31.0 Å². The molecule has 2 heterocycles. The molecule has 0 radical (unpaired) electrons. The molecule has 0 saturated heterocycles. The van der Waals surface area contributed by atoms with Crippen molar-refractivity contribution >= 4 is 17.7 Å². The van der Waals surface area contributed by atoms with Gasteiger partial charge < -0.3 is 5.32 Å². The fourth-order valence-electron chi connectivity index (χ4n) is 3.92. The van der Waals surface area contributed by atoms with E-state index in [0.717, 1.165) is 34.3 Å². The third kappa shape index (κ3) is 5.37. The Morgan fingerprint density at radius 2 is 1.85 bits per heavy atom. The molecule has 7 heteroatoms. The van der Waals surface area contributed by atoms with Crippen LogP contribution in [-0.2, 0) is 17.9 Å². The lowest BCUT2D eigenvalue weighted by molar-refractivity contribution is -0.118. The van der Waals surface area contributed by atoms with Gasteiger partial charge in [0.1, 0.15) is 0 Å². The predicted molar refractivity (Wildman–Crippen MR) is 133 cm³/mol. The van der Waals surface area contributed by atoms with E-state index in [1.165, 1.54) is 28.5 Å². The highest BCUT2D eigenvalue weighted by atomic mass is 32.2. The molecule has 0 spiro atoms. The Labute approximate surface area is 199 Å². The van der Waals surface area contributed by atoms with Gasteiger partial charge in [0.2, 0.25) is 5.91 Å². The molecule has 0 atom stereocenters. The fourth-order valence-corrected chi connectivity index (χ4v) is 4.72. The van der Waals surface area contributed by atoms with E-state index >= 15 is 0 Å². The van der Waals surface area contributed by atoms with Gasteiger partial charge in [0.05, 0.1) is 23.7 Å². The Bertz CT molecular complexity index is 1260. The van der Waals surface area contributed by atoms with Gasteiger partial charge in [-0.05, 0) is 44.9 Å². The Balaban J connectivity index is 1.36. The number of rotatable bonds is 8. The van der Waals surface area contributed by atoms with Crippen molar-refractivity contribution in [3.8, 4) is 5.69 Å². The normalized spacial score (nSPS) is 11.0. The van der Waals surface area contributed by atoms with Gasteiger partial charge in [-0.2, -0.15) is 5.10 Å². The largest absolute Gasteiger partial charge is 0.351 e. The third-order valence-electron chi connectivity index (χ3n) is 5.72. The number of aryl methyl sites for hydroxylation is 3. The molecular formula is C26H29N5OS. The van der Waals surface area contributed by atoms with Gasteiger partial charge in [0.15, 0.2) is 5.16 Å². The number of nitrogens with one attached hydrogen (secondary N) is 1. The van der Waals surface area contributed by atoms with E-state index in [1.807, 2.05) is 40.6 Å². The second-order valence-electron chi connectivity index (χ2n) is 8.23. The van der Waals surface area contributed by atoms with Crippen LogP contribution in [0.5, 0.6) is 0 Å². The summed E-state index contributed by atoms with van der Waals surface area (Å²) < 4.78 is 4.04. The van der Waals surface area contributed by atoms with Crippen molar-refractivity contribution in [1.29, 1.82) is 0 Å². The van der Waals surface area contributed by atoms with Crippen LogP contribution in [0.2, 0.25) is 0 Å². The van der Waals surface area contributed by atoms with Crippen LogP contribution in [0.25, 0.3) is 5.69 Å². The molecule has 0 bridgehead atoms. The van der Waals surface area contributed by atoms with Crippen molar-refractivity contribution in [1.82, 2.24) is 24.6 Å². The van der Waals surface area contributed by atoms with Crippen molar-refractivity contribution < 1.29 is 4.79 Å². The van der Waals surface area contributed by atoms with Gasteiger partial charge in [0, 0.05) is 30.2 Å². The first-order valence-corrected chi connectivity index (χ1v) is 12.0. The van der Waals surface area contributed by atoms with Gasteiger partial charge in [0.25, 0.3) is 0 Å². The van der Waals surface area contributed by atoms with Gasteiger partial charge in [-0.25, -0.2) is 4.98 Å². The summed E-state index contributed by atoms with van der Waals surface area (Å²) in [4.78, 5) is 17.0. The molecule has 0 aliphatic heterocycles. The lowest BCUT2D eigenvalue weighted by Gasteiger charge is -2.11. The van der Waals surface area contributed by atoms with Crippen LogP contribution in [0, 0.1) is 27.7 Å². The summed E-state index contributed by atoms with van der Waals surface area (Å²) in [5.74, 6) is 0.280. The standard InChI is InChI=1S/C26H29N5OS/c1-18-10-11-24(19(2)14-18)30-13-12-27-26(30)33-17-25(32)28-15-23-20(3)29-31(21(23)4)16-22-8-6-5-7-9-22/h5-14H,15-17H2,1-4H3,(H,28,32). The summed E-state index contributed by atoms with van der Waals surface area (Å²) >= 11 is 1.44. The maximum atomic E-state index is 12.6. The average molecular weight is 460 g/mol. The SMILES string of the molecule is Cc1ccc(-n2ccnc2SCC(=O)NCc2c(C)nn(Cc3ccccc3)c2C)c(C)c1. The number of aromatic nitrogens is 4. The highest BCUT2D eigenvalue weighted by molar-refractivity contribution is 7.99. The molecule has 2 aromatic heterocycles. The third-order valence-corrected chi connectivity index (χ3v) is 6.69. The average Bonchev–Trinajstić information content (AvgIpc) is 3.36. The van der Waals surface area contributed by atoms with Gasteiger partial charge in [-0.1, -0.05) is 59.8 Å². The molecule has 4 rings (SSSR count). The lowest BCUT2D eigenvalue weighted by atomic mass is 10.1. The maximum absolute atomic E-state index is 12.6. The Morgan fingerprint density at radius 1 is 1.06 bits per heavy atom. The quantitative estimate of drug-likeness (QED) is 0.386. The van der Waals surface area contributed by atoms with E-state index in [2.05, 4.69) is 66.5 Å². The van der Waals surface area contributed by atoms with Gasteiger partial charge in [-0.15, -0.1) is 0 Å². The number of amides is 1. The Hall–Kier alpha value is -3.32. The number of nitrogens with zero attached hydrogens (tertiary/aromatic N) is 4. The number of carbonyl (C=O) groups excluding carboxylic acids is 1. The first kappa shape index (κ1) is 22.9. The monoisotopic (exact) mass is 459 g/mol. The molecule has 0 aliphatic rings. The summed E-state index contributed by atoms with van der Waals surface area (Å²) in [5.41, 5.74) is 7.78. The Morgan fingerprint density at radius 3 is 2.61 bits per heavy atom. The molecule has 6 nitrogen and oxygen atoms in total. The highest BCUT2D eigenvalue weighted by Gasteiger charge is 2.14. The molecule has 0 aliphatic carbocycles. The minimum Gasteiger partial charge on any atom is -0.351 e. The fraction of sp³-hybridized carbons (Fsp3) is 0.269. The van der Waals surface area contributed by atoms with Crippen LogP contribution in [0.3, 0.4) is 0 Å². The Kier molecular flexibility index (Phi) is 6.99. The zero-order valence-corrected chi connectivity index (χ0v) is 20.3. The van der Waals surface area contributed by atoms with Crippen LogP contribution in [0.1, 0.15) is 33.6 Å². The van der Waals surface area contributed by atoms with E-state index in [-0.39, 0.29) is 5.91 Å². The van der Waals surface area contributed by atoms with Gasteiger partial charge in [-0.3, -0.25) is 14.0 Å². The van der Waals surface area contributed by atoms with Crippen molar-refractivity contribution in [2.24, 2.45) is 0 Å². The van der Waals surface area contributed by atoms with Crippen LogP contribution >= 0.6 is 11.8 Å². The van der Waals surface area contributed by atoms with E-state index in [4.69, 9.17) is 0 Å². The summed E-state index contributed by atoms with van der Waals surface area (Å²) in [7, 11) is 0. The van der Waals surface area contributed by atoms with Crippen molar-refractivity contribution in [3.63, 3.8) is 0 Å². The van der Waals surface area contributed by atoms with Crippen molar-refractivity contribution in [2.75, 3.05) is 5.75 Å². The van der Waals surface area contributed by atoms with Crippen LogP contribution in [0.15, 0.2) is 66.1 Å². The molecule has 0 fully saturated rings. The molecule has 33 heavy (non-hydrogen) atoms. The van der Waals surface area contributed by atoms with E-state index in [1.54, 1.807) is 6.20 Å². The van der Waals surface area contributed by atoms with E-state index < -0.39 is 0 Å². The zero-order valence-electron chi connectivity index (χ0n) is 19.5. The second-order valence-corrected chi connectivity index (χ2v) is 9.17. The van der Waals surface area contributed by atoms with Crippen molar-refractivity contribution in [3.05, 3.63) is 94.6 Å². The van der Waals surface area contributed by atoms with Crippen molar-refractivity contribution in [2.45, 2.75) is 45.9 Å². The molecule has 2 aromatic carbocycles. The number of imidazole rings is 1. The molecule has 0 unspecified atom stereocenters. The minimum atomic E-state index is -0.0233. The summed E-state index contributed by atoms with van der Waals surface area (Å²) in [5, 5.41) is 8.53. The van der Waals surface area contributed by atoms with Crippen LogP contribution in [0.4, 0.5) is 0 Å². The molecule has 4 aromatic rings. The first-order valence-electron chi connectivity index (χ1n) is 11.0. The summed E-state index contributed by atoms with van der Waals surface area (Å²) in [6, 6.07) is 16.6. The van der Waals surface area contributed by atoms with E-state index in [9.17, 15) is 4.79 Å². The van der Waals surface area contributed by atoms with E-state index in [0.29, 0.717) is 12.3 Å². The number of benzene rings is 2. The molecule has 1 amide bonds. The molecular weight excluding hydrogens is 430 g/mol. The maximum Gasteiger partial charge on any atom is 0.230 e. The molecule has 0 saturated carbocycles. The number of carbonyl (C=O) groups is 1. The molecule has 170 valence electrons. The number of hydrogen-bond acceptors (Lipinski definition) is 4. The molecule has 1 N–H and O–H groups in total. The lowest BCUT2D eigenvalue weighted by Crippen LogP contribution is -2.25. The first-order chi connectivity index (χ1) is 15.9. The number of hydrogen-bond donors (Lipinski definition) is 1. The number of thioether (sulfide) groups is 1. The summed E-state index contributed by atoms with van der Waals surface area (Å²) in [6.07, 6.45) is 3.71. The zero-order chi connectivity index (χ0) is 23.4. The topological polar surface area (TPSA) is 64.7 Å².